The first-order valence-electron chi connectivity index (χ1n) is 6.32. The Morgan fingerprint density at radius 2 is 1.52 bits per heavy atom. The van der Waals surface area contributed by atoms with Crippen molar-refractivity contribution < 1.29 is 37.6 Å². The largest absolute Gasteiger partial charge is 1.00 e. The standard InChI is InChI=1S/C15H17O4P.Li/c16-20(17,13-18-15-9-5-2-6-10-15)19-12-11-14-7-3-1-4-8-14;/h1-10H,11-13H2,(H,16,17);/q;+1/p-1. The van der Waals surface area contributed by atoms with Crippen molar-refractivity contribution in [1.29, 1.82) is 0 Å². The van der Waals surface area contributed by atoms with Gasteiger partial charge in [-0.15, -0.1) is 0 Å². The van der Waals surface area contributed by atoms with Gasteiger partial charge in [0.1, 0.15) is 5.75 Å². The van der Waals surface area contributed by atoms with Crippen molar-refractivity contribution in [3.8, 4) is 5.75 Å². The van der Waals surface area contributed by atoms with Gasteiger partial charge in [-0.2, -0.15) is 0 Å². The molecule has 2 aromatic carbocycles. The molecule has 0 heterocycles. The van der Waals surface area contributed by atoms with E-state index in [0.717, 1.165) is 5.56 Å². The molecule has 2 aromatic rings. The maximum atomic E-state index is 11.7. The van der Waals surface area contributed by atoms with Crippen LogP contribution in [0.3, 0.4) is 0 Å². The molecule has 1 atom stereocenters. The van der Waals surface area contributed by atoms with Gasteiger partial charge in [0.2, 0.25) is 0 Å². The summed E-state index contributed by atoms with van der Waals surface area (Å²) in [5.41, 5.74) is 1.04. The molecule has 0 radical (unpaired) electrons. The van der Waals surface area contributed by atoms with E-state index in [9.17, 15) is 9.46 Å². The van der Waals surface area contributed by atoms with Gasteiger partial charge in [0, 0.05) is 0 Å². The summed E-state index contributed by atoms with van der Waals surface area (Å²) in [6.45, 7) is 0.128. The molecule has 0 saturated carbocycles. The third-order valence-corrected chi connectivity index (χ3v) is 3.68. The molecule has 0 bridgehead atoms. The minimum atomic E-state index is -3.97. The molecule has 0 N–H and O–H groups in total. The summed E-state index contributed by atoms with van der Waals surface area (Å²) in [6.07, 6.45) is 0.101. The van der Waals surface area contributed by atoms with Gasteiger partial charge < -0.3 is 18.7 Å². The fraction of sp³-hybridized carbons (Fsp3) is 0.200. The van der Waals surface area contributed by atoms with Crippen LogP contribution in [0.25, 0.3) is 0 Å². The molecule has 2 rings (SSSR count). The van der Waals surface area contributed by atoms with Crippen molar-refractivity contribution in [3.63, 3.8) is 0 Å². The molecule has 0 fully saturated rings. The monoisotopic (exact) mass is 298 g/mol. The van der Waals surface area contributed by atoms with Crippen LogP contribution in [0, 0.1) is 0 Å². The minimum Gasteiger partial charge on any atom is -0.776 e. The number of para-hydroxylation sites is 1. The zero-order valence-electron chi connectivity index (χ0n) is 12.0. The number of hydrogen-bond donors (Lipinski definition) is 0. The normalized spacial score (nSPS) is 13.0. The molecular formula is C15H16LiO4P. The van der Waals surface area contributed by atoms with Crippen LogP contribution in [-0.2, 0) is 15.5 Å². The van der Waals surface area contributed by atoms with E-state index in [1.54, 1.807) is 24.3 Å². The zero-order valence-corrected chi connectivity index (χ0v) is 12.9. The van der Waals surface area contributed by atoms with E-state index in [1.165, 1.54) is 0 Å². The zero-order chi connectivity index (χ0) is 14.3. The van der Waals surface area contributed by atoms with Crippen LogP contribution in [-0.4, -0.2) is 13.0 Å². The van der Waals surface area contributed by atoms with Crippen molar-refractivity contribution in [2.75, 3.05) is 13.0 Å². The molecule has 106 valence electrons. The van der Waals surface area contributed by atoms with E-state index in [4.69, 9.17) is 9.26 Å². The Hall–Kier alpha value is -1.01. The van der Waals surface area contributed by atoms with E-state index >= 15 is 0 Å². The average molecular weight is 298 g/mol. The second kappa shape index (κ2) is 9.10. The SMILES string of the molecule is O=P([O-])(COc1ccccc1)OCCc1ccccc1.[Li+]. The first-order valence-corrected chi connectivity index (χ1v) is 8.05. The van der Waals surface area contributed by atoms with E-state index in [-0.39, 0.29) is 25.5 Å². The van der Waals surface area contributed by atoms with Gasteiger partial charge in [-0.3, -0.25) is 0 Å². The summed E-state index contributed by atoms with van der Waals surface area (Å²) in [5, 5.41) is 0. The average Bonchev–Trinajstić information content (AvgIpc) is 2.47. The van der Waals surface area contributed by atoms with Crippen LogP contribution in [0.5, 0.6) is 5.75 Å². The van der Waals surface area contributed by atoms with Gasteiger partial charge in [-0.25, -0.2) is 0 Å². The Morgan fingerprint density at radius 1 is 0.952 bits per heavy atom. The number of hydrogen-bond acceptors (Lipinski definition) is 4. The predicted octanol–water partition coefficient (Wildman–Crippen LogP) is -0.160. The van der Waals surface area contributed by atoms with Crippen LogP contribution in [0.1, 0.15) is 5.56 Å². The number of benzene rings is 2. The molecule has 1 unspecified atom stereocenters. The summed E-state index contributed by atoms with van der Waals surface area (Å²) in [7, 11) is -3.97. The maximum absolute atomic E-state index is 11.7. The van der Waals surface area contributed by atoms with E-state index in [2.05, 4.69) is 0 Å². The second-order valence-corrected chi connectivity index (χ2v) is 6.00. The van der Waals surface area contributed by atoms with Crippen LogP contribution in [0.2, 0.25) is 0 Å². The van der Waals surface area contributed by atoms with Crippen molar-refractivity contribution in [3.05, 3.63) is 66.2 Å². The summed E-state index contributed by atoms with van der Waals surface area (Å²) >= 11 is 0. The van der Waals surface area contributed by atoms with Gasteiger partial charge in [-0.1, -0.05) is 48.5 Å². The minimum absolute atomic E-state index is 0. The van der Waals surface area contributed by atoms with Crippen molar-refractivity contribution in [1.82, 2.24) is 0 Å². The van der Waals surface area contributed by atoms with E-state index in [0.29, 0.717) is 12.2 Å². The molecule has 6 heteroatoms. The molecule has 21 heavy (non-hydrogen) atoms. The molecule has 0 aliphatic carbocycles. The van der Waals surface area contributed by atoms with Crippen LogP contribution < -0.4 is 28.5 Å². The van der Waals surface area contributed by atoms with Gasteiger partial charge >= 0.3 is 18.9 Å². The smallest absolute Gasteiger partial charge is 0.776 e. The Kier molecular flexibility index (Phi) is 7.81. The Morgan fingerprint density at radius 3 is 2.14 bits per heavy atom. The van der Waals surface area contributed by atoms with Gasteiger partial charge in [0.25, 0.3) is 0 Å². The second-order valence-electron chi connectivity index (χ2n) is 4.27. The van der Waals surface area contributed by atoms with Gasteiger partial charge in [0.15, 0.2) is 13.9 Å². The fourth-order valence-electron chi connectivity index (χ4n) is 1.65. The number of ether oxygens (including phenoxy) is 1. The Bertz CT molecular complexity index is 562. The maximum Gasteiger partial charge on any atom is 1.00 e. The van der Waals surface area contributed by atoms with E-state index < -0.39 is 13.9 Å². The Balaban J connectivity index is 0.00000220. The molecule has 0 aromatic heterocycles. The molecule has 0 aliphatic rings. The van der Waals surface area contributed by atoms with Gasteiger partial charge in [-0.05, 0) is 24.1 Å². The topological polar surface area (TPSA) is 58.6 Å². The third-order valence-electron chi connectivity index (χ3n) is 2.65. The Labute approximate surface area is 136 Å². The molecule has 0 saturated heterocycles. The molecule has 4 nitrogen and oxygen atoms in total. The van der Waals surface area contributed by atoms with Gasteiger partial charge in [0.05, 0.1) is 6.61 Å². The van der Waals surface area contributed by atoms with Crippen molar-refractivity contribution >= 4 is 7.60 Å². The molecule has 0 amide bonds. The third kappa shape index (κ3) is 7.00. The first-order chi connectivity index (χ1) is 9.66. The van der Waals surface area contributed by atoms with Crippen LogP contribution in [0.15, 0.2) is 60.7 Å². The van der Waals surface area contributed by atoms with Crippen molar-refractivity contribution in [2.45, 2.75) is 6.42 Å². The van der Waals surface area contributed by atoms with Crippen molar-refractivity contribution in [2.24, 2.45) is 0 Å². The molecular weight excluding hydrogens is 282 g/mol. The predicted molar refractivity (Wildman–Crippen MR) is 75.6 cm³/mol. The fourth-order valence-corrected chi connectivity index (χ4v) is 2.41. The summed E-state index contributed by atoms with van der Waals surface area (Å²) in [5.74, 6) is 0.509. The number of rotatable bonds is 7. The summed E-state index contributed by atoms with van der Waals surface area (Å²) < 4.78 is 21.8. The first kappa shape index (κ1) is 18.0. The van der Waals surface area contributed by atoms with E-state index in [1.807, 2.05) is 36.4 Å². The van der Waals surface area contributed by atoms with Crippen LogP contribution >= 0.6 is 7.60 Å². The summed E-state index contributed by atoms with van der Waals surface area (Å²) in [6, 6.07) is 18.4. The summed E-state index contributed by atoms with van der Waals surface area (Å²) in [4.78, 5) is 11.7. The molecule has 0 spiro atoms. The molecule has 0 aliphatic heterocycles. The van der Waals surface area contributed by atoms with Crippen LogP contribution in [0.4, 0.5) is 0 Å². The quantitative estimate of drug-likeness (QED) is 0.526.